The number of allylic oxidation sites excluding steroid dienone is 1. The Morgan fingerprint density at radius 3 is 2.88 bits per heavy atom. The molecular weight excluding hydrogens is 220 g/mol. The molecule has 2 fully saturated rings. The van der Waals surface area contributed by atoms with Gasteiger partial charge in [-0.25, -0.2) is 0 Å². The molecule has 0 N–H and O–H groups in total. The number of esters is 2. The fraction of sp³-hybridized carbons (Fsp3) is 0.692. The summed E-state index contributed by atoms with van der Waals surface area (Å²) in [6.07, 6.45) is 4.79. The van der Waals surface area contributed by atoms with Crippen molar-refractivity contribution in [2.24, 2.45) is 23.2 Å². The van der Waals surface area contributed by atoms with Crippen LogP contribution in [0.1, 0.15) is 20.3 Å². The van der Waals surface area contributed by atoms with Gasteiger partial charge in [-0.05, 0) is 13.3 Å². The van der Waals surface area contributed by atoms with E-state index in [1.54, 1.807) is 0 Å². The lowest BCUT2D eigenvalue weighted by atomic mass is 9.51. The molecule has 4 nitrogen and oxygen atoms in total. The van der Waals surface area contributed by atoms with Crippen molar-refractivity contribution in [1.82, 2.24) is 0 Å². The zero-order chi connectivity index (χ0) is 12.4. The van der Waals surface area contributed by atoms with Crippen molar-refractivity contribution in [3.05, 3.63) is 12.2 Å². The number of methoxy groups -OCH3 is 1. The van der Waals surface area contributed by atoms with E-state index in [0.29, 0.717) is 6.42 Å². The van der Waals surface area contributed by atoms with Gasteiger partial charge in [-0.1, -0.05) is 19.1 Å². The first kappa shape index (κ1) is 10.8. The Morgan fingerprint density at radius 1 is 1.53 bits per heavy atom. The van der Waals surface area contributed by atoms with Crippen molar-refractivity contribution in [2.75, 3.05) is 7.11 Å². The Morgan fingerprint density at radius 2 is 2.24 bits per heavy atom. The molecule has 0 aromatic heterocycles. The fourth-order valence-electron chi connectivity index (χ4n) is 4.02. The monoisotopic (exact) mass is 236 g/mol. The van der Waals surface area contributed by atoms with E-state index in [1.807, 2.05) is 19.9 Å². The van der Waals surface area contributed by atoms with E-state index < -0.39 is 11.5 Å². The third kappa shape index (κ3) is 1.13. The summed E-state index contributed by atoms with van der Waals surface area (Å²) in [6.45, 7) is 3.97. The number of carbonyl (C=O) groups excluding carboxylic acids is 2. The van der Waals surface area contributed by atoms with E-state index in [2.05, 4.69) is 6.08 Å². The van der Waals surface area contributed by atoms with Crippen LogP contribution in [0.5, 0.6) is 0 Å². The van der Waals surface area contributed by atoms with Crippen LogP contribution in [0.3, 0.4) is 0 Å². The summed E-state index contributed by atoms with van der Waals surface area (Å²) >= 11 is 0. The molecule has 4 rings (SSSR count). The van der Waals surface area contributed by atoms with Crippen molar-refractivity contribution in [2.45, 2.75) is 25.9 Å². The Kier molecular flexibility index (Phi) is 1.86. The van der Waals surface area contributed by atoms with Gasteiger partial charge in [-0.2, -0.15) is 0 Å². The summed E-state index contributed by atoms with van der Waals surface area (Å²) in [6, 6.07) is 0. The minimum atomic E-state index is -0.435. The number of hydrogen-bond acceptors (Lipinski definition) is 4. The second-order valence-electron chi connectivity index (χ2n) is 5.83. The molecule has 4 bridgehead atoms. The molecule has 92 valence electrons. The Hall–Kier alpha value is -1.32. The highest BCUT2D eigenvalue weighted by Crippen LogP contribution is 2.62. The molecule has 1 heterocycles. The Balaban J connectivity index is 2.13. The smallest absolute Gasteiger partial charge is 0.311 e. The van der Waals surface area contributed by atoms with Gasteiger partial charge in [0.2, 0.25) is 0 Å². The van der Waals surface area contributed by atoms with Crippen LogP contribution < -0.4 is 0 Å². The summed E-state index contributed by atoms with van der Waals surface area (Å²) in [5.74, 6) is -1.29. The lowest BCUT2D eigenvalue weighted by Crippen LogP contribution is -2.54. The molecule has 0 aromatic rings. The first-order valence-corrected chi connectivity index (χ1v) is 5.91. The van der Waals surface area contributed by atoms with Crippen molar-refractivity contribution < 1.29 is 19.1 Å². The lowest BCUT2D eigenvalue weighted by molar-refractivity contribution is -0.157. The molecular formula is C13H16O4. The van der Waals surface area contributed by atoms with Crippen LogP contribution in [0, 0.1) is 23.2 Å². The highest BCUT2D eigenvalue weighted by atomic mass is 16.6. The van der Waals surface area contributed by atoms with Gasteiger partial charge in [-0.15, -0.1) is 0 Å². The van der Waals surface area contributed by atoms with Gasteiger partial charge < -0.3 is 9.47 Å². The van der Waals surface area contributed by atoms with Gasteiger partial charge >= 0.3 is 11.9 Å². The minimum Gasteiger partial charge on any atom is -0.469 e. The van der Waals surface area contributed by atoms with E-state index in [9.17, 15) is 9.59 Å². The van der Waals surface area contributed by atoms with Crippen LogP contribution in [0.4, 0.5) is 0 Å². The average molecular weight is 236 g/mol. The zero-order valence-corrected chi connectivity index (χ0v) is 10.2. The van der Waals surface area contributed by atoms with E-state index >= 15 is 0 Å². The third-order valence-electron chi connectivity index (χ3n) is 4.64. The second-order valence-corrected chi connectivity index (χ2v) is 5.83. The molecule has 1 saturated carbocycles. The fourth-order valence-corrected chi connectivity index (χ4v) is 4.02. The minimum absolute atomic E-state index is 0.0147. The summed E-state index contributed by atoms with van der Waals surface area (Å²) in [5, 5.41) is 0. The van der Waals surface area contributed by atoms with Gasteiger partial charge in [-0.3, -0.25) is 9.59 Å². The summed E-state index contributed by atoms with van der Waals surface area (Å²) < 4.78 is 10.4. The van der Waals surface area contributed by atoms with Crippen molar-refractivity contribution in [1.29, 1.82) is 0 Å². The summed E-state index contributed by atoms with van der Waals surface area (Å²) in [5.41, 5.74) is -0.761. The lowest BCUT2D eigenvalue weighted by Gasteiger charge is -2.50. The van der Waals surface area contributed by atoms with Gasteiger partial charge in [0.1, 0.15) is 5.60 Å². The molecule has 5 unspecified atom stereocenters. The van der Waals surface area contributed by atoms with Crippen LogP contribution in [0.2, 0.25) is 0 Å². The van der Waals surface area contributed by atoms with E-state index in [4.69, 9.17) is 9.47 Å². The molecule has 0 radical (unpaired) electrons. The first-order valence-electron chi connectivity index (χ1n) is 5.91. The van der Waals surface area contributed by atoms with Crippen LogP contribution >= 0.6 is 0 Å². The quantitative estimate of drug-likeness (QED) is 0.508. The second kappa shape index (κ2) is 2.92. The normalized spacial score (nSPS) is 50.3. The maximum absolute atomic E-state index is 12.0. The van der Waals surface area contributed by atoms with E-state index in [1.165, 1.54) is 7.11 Å². The zero-order valence-electron chi connectivity index (χ0n) is 10.2. The Bertz CT molecular complexity index is 439. The number of carbonyl (C=O) groups is 2. The average Bonchev–Trinajstić information content (AvgIpc) is 2.45. The maximum atomic E-state index is 12.0. The molecule has 4 aliphatic rings. The number of ether oxygens (including phenoxy) is 2. The molecule has 0 aromatic carbocycles. The Labute approximate surface area is 100.0 Å². The van der Waals surface area contributed by atoms with Gasteiger partial charge in [0.05, 0.1) is 18.9 Å². The maximum Gasteiger partial charge on any atom is 0.311 e. The molecule has 4 heteroatoms. The largest absolute Gasteiger partial charge is 0.469 e. The molecule has 0 amide bonds. The summed E-state index contributed by atoms with van der Waals surface area (Å²) in [7, 11) is 1.37. The molecule has 5 atom stereocenters. The molecule has 1 saturated heterocycles. The number of rotatable bonds is 1. The van der Waals surface area contributed by atoms with Crippen LogP contribution in [-0.4, -0.2) is 24.6 Å². The van der Waals surface area contributed by atoms with Gasteiger partial charge in [0.25, 0.3) is 0 Å². The van der Waals surface area contributed by atoms with Crippen molar-refractivity contribution in [3.8, 4) is 0 Å². The third-order valence-corrected chi connectivity index (χ3v) is 4.64. The van der Waals surface area contributed by atoms with Crippen molar-refractivity contribution >= 4 is 11.9 Å². The molecule has 0 spiro atoms. The molecule has 3 aliphatic carbocycles. The van der Waals surface area contributed by atoms with Gasteiger partial charge in [0.15, 0.2) is 0 Å². The summed E-state index contributed by atoms with van der Waals surface area (Å²) in [4.78, 5) is 23.9. The molecule has 1 aliphatic heterocycles. The topological polar surface area (TPSA) is 52.6 Å². The SMILES string of the molecule is COC(=O)C1C2C(=O)OC3(C)CC1(C)C=CC23. The van der Waals surface area contributed by atoms with Gasteiger partial charge in [0, 0.05) is 11.3 Å². The van der Waals surface area contributed by atoms with E-state index in [-0.39, 0.29) is 29.2 Å². The van der Waals surface area contributed by atoms with E-state index in [0.717, 1.165) is 0 Å². The first-order chi connectivity index (χ1) is 7.91. The van der Waals surface area contributed by atoms with Crippen molar-refractivity contribution in [3.63, 3.8) is 0 Å². The molecule has 17 heavy (non-hydrogen) atoms. The standard InChI is InChI=1S/C13H16O4/c1-12-5-4-7-8(9(12)11(15)16-3)10(14)17-13(7,2)6-12/h4-5,7-9H,6H2,1-3H3. The predicted octanol–water partition coefficient (Wildman–Crippen LogP) is 1.30. The number of hydrogen-bond donors (Lipinski definition) is 0. The predicted molar refractivity (Wildman–Crippen MR) is 58.8 cm³/mol. The van der Waals surface area contributed by atoms with Crippen LogP contribution in [0.25, 0.3) is 0 Å². The van der Waals surface area contributed by atoms with Crippen LogP contribution in [-0.2, 0) is 19.1 Å². The van der Waals surface area contributed by atoms with Crippen LogP contribution in [0.15, 0.2) is 12.2 Å². The highest BCUT2D eigenvalue weighted by Gasteiger charge is 2.68. The highest BCUT2D eigenvalue weighted by molar-refractivity contribution is 5.87.